The van der Waals surface area contributed by atoms with Gasteiger partial charge in [-0.1, -0.05) is 30.3 Å². The average Bonchev–Trinajstić information content (AvgIpc) is 2.67. The molecule has 1 heterocycles. The van der Waals surface area contributed by atoms with Gasteiger partial charge in [0.15, 0.2) is 11.5 Å². The molecule has 1 aliphatic heterocycles. The van der Waals surface area contributed by atoms with E-state index in [4.69, 9.17) is 9.47 Å². The second-order valence-corrected chi connectivity index (χ2v) is 5.89. The Morgan fingerprint density at radius 2 is 1.77 bits per heavy atom. The van der Waals surface area contributed by atoms with Crippen LogP contribution in [-0.4, -0.2) is 31.1 Å². The molecule has 7 heteroatoms. The Balaban J connectivity index is 1.39. The van der Waals surface area contributed by atoms with Crippen LogP contribution in [0, 0.1) is 6.92 Å². The van der Waals surface area contributed by atoms with Crippen LogP contribution in [0.3, 0.4) is 0 Å². The maximum Gasteiger partial charge on any atom is 0.283 e. The summed E-state index contributed by atoms with van der Waals surface area (Å²) in [6.07, 6.45) is -0.588. The standard InChI is InChI=1S/C19H21N3O4/c1-13-6-2-3-7-14(13)20-11-10-18(23)21-22-19(24)17-12-25-15-8-4-5-9-16(15)26-17/h2-9,17,20H,10-12H2,1H3,(H,21,23)(H,22,24)/t17-/m0/s1. The Morgan fingerprint density at radius 1 is 1.04 bits per heavy atom. The number of aryl methyl sites for hydroxylation is 1. The minimum atomic E-state index is -0.810. The molecule has 2 aromatic rings. The number of carbonyl (C=O) groups excluding carboxylic acids is 2. The fourth-order valence-corrected chi connectivity index (χ4v) is 2.50. The van der Waals surface area contributed by atoms with E-state index in [0.717, 1.165) is 11.3 Å². The number of ether oxygens (including phenoxy) is 2. The van der Waals surface area contributed by atoms with Crippen LogP contribution in [0.1, 0.15) is 12.0 Å². The Labute approximate surface area is 151 Å². The zero-order valence-electron chi connectivity index (χ0n) is 14.5. The summed E-state index contributed by atoms with van der Waals surface area (Å²) in [5.41, 5.74) is 6.85. The van der Waals surface area contributed by atoms with Crippen molar-refractivity contribution in [1.29, 1.82) is 0 Å². The first kappa shape index (κ1) is 17.6. The number of carbonyl (C=O) groups is 2. The molecule has 0 bridgehead atoms. The van der Waals surface area contributed by atoms with Crippen LogP contribution in [-0.2, 0) is 9.59 Å². The summed E-state index contributed by atoms with van der Waals surface area (Å²) in [5, 5.41) is 3.19. The predicted molar refractivity (Wildman–Crippen MR) is 96.9 cm³/mol. The molecular formula is C19H21N3O4. The second-order valence-electron chi connectivity index (χ2n) is 5.89. The molecule has 0 aromatic heterocycles. The van der Waals surface area contributed by atoms with Gasteiger partial charge in [0, 0.05) is 18.7 Å². The lowest BCUT2D eigenvalue weighted by Crippen LogP contribution is -2.51. The van der Waals surface area contributed by atoms with E-state index in [1.807, 2.05) is 37.3 Å². The molecule has 0 spiro atoms. The zero-order valence-corrected chi connectivity index (χ0v) is 14.5. The minimum Gasteiger partial charge on any atom is -0.485 e. The first-order valence-electron chi connectivity index (χ1n) is 8.40. The SMILES string of the molecule is Cc1ccccc1NCCC(=O)NNC(=O)[C@@H]1COc2ccccc2O1. The topological polar surface area (TPSA) is 88.7 Å². The van der Waals surface area contributed by atoms with Gasteiger partial charge in [-0.25, -0.2) is 0 Å². The molecular weight excluding hydrogens is 334 g/mol. The smallest absolute Gasteiger partial charge is 0.283 e. The summed E-state index contributed by atoms with van der Waals surface area (Å²) >= 11 is 0. The van der Waals surface area contributed by atoms with E-state index in [1.54, 1.807) is 18.2 Å². The van der Waals surface area contributed by atoms with Crippen molar-refractivity contribution < 1.29 is 19.1 Å². The van der Waals surface area contributed by atoms with E-state index in [2.05, 4.69) is 16.2 Å². The highest BCUT2D eigenvalue weighted by atomic mass is 16.6. The average molecular weight is 355 g/mol. The number of amides is 2. The Hall–Kier alpha value is -3.22. The molecule has 0 radical (unpaired) electrons. The number of benzene rings is 2. The normalized spacial score (nSPS) is 15.0. The molecule has 3 N–H and O–H groups in total. The number of fused-ring (bicyclic) bond motifs is 1. The molecule has 0 fully saturated rings. The van der Waals surface area contributed by atoms with Crippen LogP contribution in [0.4, 0.5) is 5.69 Å². The van der Waals surface area contributed by atoms with Crippen LogP contribution >= 0.6 is 0 Å². The highest BCUT2D eigenvalue weighted by Gasteiger charge is 2.27. The second kappa shape index (κ2) is 8.24. The predicted octanol–water partition coefficient (Wildman–Crippen LogP) is 1.78. The monoisotopic (exact) mass is 355 g/mol. The van der Waals surface area contributed by atoms with Crippen LogP contribution < -0.4 is 25.6 Å². The molecule has 0 aliphatic carbocycles. The lowest BCUT2D eigenvalue weighted by Gasteiger charge is -2.25. The summed E-state index contributed by atoms with van der Waals surface area (Å²) in [4.78, 5) is 24.0. The van der Waals surface area contributed by atoms with Crippen LogP contribution in [0.5, 0.6) is 11.5 Å². The molecule has 0 saturated heterocycles. The summed E-state index contributed by atoms with van der Waals surface area (Å²) in [5.74, 6) is 0.354. The van der Waals surface area contributed by atoms with Crippen LogP contribution in [0.25, 0.3) is 0 Å². The third-order valence-electron chi connectivity index (χ3n) is 3.94. The molecule has 1 aliphatic rings. The van der Waals surface area contributed by atoms with Crippen molar-refractivity contribution >= 4 is 17.5 Å². The molecule has 0 saturated carbocycles. The third kappa shape index (κ3) is 4.44. The van der Waals surface area contributed by atoms with Crippen molar-refractivity contribution in [3.05, 3.63) is 54.1 Å². The number of para-hydroxylation sites is 3. The number of nitrogens with one attached hydrogen (secondary N) is 3. The summed E-state index contributed by atoms with van der Waals surface area (Å²) < 4.78 is 11.1. The van der Waals surface area contributed by atoms with Gasteiger partial charge in [0.25, 0.3) is 5.91 Å². The van der Waals surface area contributed by atoms with Crippen LogP contribution in [0.15, 0.2) is 48.5 Å². The third-order valence-corrected chi connectivity index (χ3v) is 3.94. The van der Waals surface area contributed by atoms with Crippen LogP contribution in [0.2, 0.25) is 0 Å². The van der Waals surface area contributed by atoms with Gasteiger partial charge in [0.2, 0.25) is 12.0 Å². The Morgan fingerprint density at radius 3 is 2.58 bits per heavy atom. The first-order chi connectivity index (χ1) is 12.6. The Kier molecular flexibility index (Phi) is 5.58. The van der Waals surface area contributed by atoms with Gasteiger partial charge >= 0.3 is 0 Å². The Bertz CT molecular complexity index is 794. The van der Waals surface area contributed by atoms with Gasteiger partial charge in [0.1, 0.15) is 6.61 Å². The maximum atomic E-state index is 12.1. The molecule has 26 heavy (non-hydrogen) atoms. The van der Waals surface area contributed by atoms with E-state index in [0.29, 0.717) is 18.0 Å². The van der Waals surface area contributed by atoms with E-state index in [-0.39, 0.29) is 18.9 Å². The highest BCUT2D eigenvalue weighted by Crippen LogP contribution is 2.30. The molecule has 1 atom stereocenters. The maximum absolute atomic E-state index is 12.1. The van der Waals surface area contributed by atoms with Gasteiger partial charge in [-0.15, -0.1) is 0 Å². The molecule has 0 unspecified atom stereocenters. The first-order valence-corrected chi connectivity index (χ1v) is 8.40. The van der Waals surface area contributed by atoms with Crippen molar-refractivity contribution in [2.75, 3.05) is 18.5 Å². The zero-order chi connectivity index (χ0) is 18.4. The van der Waals surface area contributed by atoms with Gasteiger partial charge in [0.05, 0.1) is 0 Å². The van der Waals surface area contributed by atoms with Gasteiger partial charge < -0.3 is 14.8 Å². The summed E-state index contributed by atoms with van der Waals surface area (Å²) in [6, 6.07) is 15.0. The molecule has 7 nitrogen and oxygen atoms in total. The van der Waals surface area contributed by atoms with Crippen molar-refractivity contribution in [3.8, 4) is 11.5 Å². The lowest BCUT2D eigenvalue weighted by atomic mass is 10.2. The lowest BCUT2D eigenvalue weighted by molar-refractivity contribution is -0.135. The summed E-state index contributed by atoms with van der Waals surface area (Å²) in [7, 11) is 0. The highest BCUT2D eigenvalue weighted by molar-refractivity contribution is 5.85. The van der Waals surface area contributed by atoms with Gasteiger partial charge in [-0.05, 0) is 30.7 Å². The van der Waals surface area contributed by atoms with Gasteiger partial charge in [-0.3, -0.25) is 20.4 Å². The number of hydrogen-bond donors (Lipinski definition) is 3. The number of hydrazine groups is 1. The fourth-order valence-electron chi connectivity index (χ4n) is 2.50. The van der Waals surface area contributed by atoms with Crippen molar-refractivity contribution in [2.45, 2.75) is 19.4 Å². The minimum absolute atomic E-state index is 0.0908. The van der Waals surface area contributed by atoms with Crippen molar-refractivity contribution in [2.24, 2.45) is 0 Å². The molecule has 2 aromatic carbocycles. The summed E-state index contributed by atoms with van der Waals surface area (Å²) in [6.45, 7) is 2.55. The quantitative estimate of drug-likeness (QED) is 0.712. The largest absolute Gasteiger partial charge is 0.485 e. The number of hydrogen-bond acceptors (Lipinski definition) is 5. The van der Waals surface area contributed by atoms with E-state index in [1.165, 1.54) is 0 Å². The molecule has 136 valence electrons. The van der Waals surface area contributed by atoms with E-state index < -0.39 is 12.0 Å². The number of anilines is 1. The van der Waals surface area contributed by atoms with Crippen molar-refractivity contribution in [1.82, 2.24) is 10.9 Å². The van der Waals surface area contributed by atoms with E-state index in [9.17, 15) is 9.59 Å². The van der Waals surface area contributed by atoms with E-state index >= 15 is 0 Å². The fraction of sp³-hybridized carbons (Fsp3) is 0.263. The number of rotatable bonds is 5. The van der Waals surface area contributed by atoms with Crippen molar-refractivity contribution in [3.63, 3.8) is 0 Å². The van der Waals surface area contributed by atoms with Gasteiger partial charge in [-0.2, -0.15) is 0 Å². The molecule has 2 amide bonds. The molecule has 3 rings (SSSR count).